The van der Waals surface area contributed by atoms with Crippen LogP contribution in [0.2, 0.25) is 0 Å². The van der Waals surface area contributed by atoms with Gasteiger partial charge in [-0.15, -0.1) is 11.3 Å². The van der Waals surface area contributed by atoms with E-state index in [0.29, 0.717) is 0 Å². The third-order valence-corrected chi connectivity index (χ3v) is 2.26. The Balaban J connectivity index is 0.000000184. The molecule has 0 radical (unpaired) electrons. The van der Waals surface area contributed by atoms with Crippen LogP contribution in [0, 0.1) is 0 Å². The summed E-state index contributed by atoms with van der Waals surface area (Å²) in [5.41, 5.74) is 0. The highest BCUT2D eigenvalue weighted by Crippen LogP contribution is 2.18. The number of benzene rings is 1. The van der Waals surface area contributed by atoms with Crippen LogP contribution in [0.1, 0.15) is 0 Å². The predicted molar refractivity (Wildman–Crippen MR) is 55.4 cm³/mol. The molecule has 3 N–H and O–H groups in total. The van der Waals surface area contributed by atoms with Crippen molar-refractivity contribution in [1.82, 2.24) is 0 Å². The molecule has 0 saturated carbocycles. The summed E-state index contributed by atoms with van der Waals surface area (Å²) < 4.78 is 1.37. The van der Waals surface area contributed by atoms with Crippen LogP contribution in [0.25, 0.3) is 10.1 Å². The molecule has 13 heavy (non-hydrogen) atoms. The minimum atomic E-state index is -2.62. The quantitative estimate of drug-likeness (QED) is 0.591. The molecule has 0 saturated heterocycles. The summed E-state index contributed by atoms with van der Waals surface area (Å²) in [5.74, 6) is 0. The molecule has 0 fully saturated rings. The molecule has 2 aromatic rings. The van der Waals surface area contributed by atoms with E-state index in [-0.39, 0.29) is 0 Å². The molecule has 2 rings (SSSR count). The van der Waals surface area contributed by atoms with Crippen LogP contribution in [0.3, 0.4) is 0 Å². The molecule has 1 aromatic carbocycles. The fourth-order valence-corrected chi connectivity index (χ4v) is 1.70. The highest BCUT2D eigenvalue weighted by molar-refractivity contribution is 7.38. The van der Waals surface area contributed by atoms with Crippen LogP contribution < -0.4 is 0 Å². The van der Waals surface area contributed by atoms with E-state index in [1.807, 2.05) is 0 Å². The maximum Gasteiger partial charge on any atom is 0.324 e. The summed E-state index contributed by atoms with van der Waals surface area (Å²) in [6.07, 6.45) is 0. The summed E-state index contributed by atoms with van der Waals surface area (Å²) in [6.45, 7) is 0. The molecule has 0 aliphatic rings. The van der Waals surface area contributed by atoms with Crippen molar-refractivity contribution in [2.45, 2.75) is 0 Å². The molecule has 0 amide bonds. The third kappa shape index (κ3) is 3.81. The van der Waals surface area contributed by atoms with Gasteiger partial charge in [0.15, 0.2) is 0 Å². The Bertz CT molecular complexity index is 328. The first-order valence-electron chi connectivity index (χ1n) is 3.49. The van der Waals surface area contributed by atoms with Crippen LogP contribution in [-0.4, -0.2) is 14.7 Å². The third-order valence-electron chi connectivity index (χ3n) is 1.36. The van der Waals surface area contributed by atoms with Crippen molar-refractivity contribution < 1.29 is 14.7 Å². The number of hydrogen-bond donors (Lipinski definition) is 3. The second-order valence-electron chi connectivity index (χ2n) is 2.23. The van der Waals surface area contributed by atoms with Gasteiger partial charge in [-0.3, -0.25) is 0 Å². The monoisotopic (exact) mass is 216 g/mol. The van der Waals surface area contributed by atoms with E-state index in [0.717, 1.165) is 0 Å². The maximum absolute atomic E-state index is 7.23. The zero-order valence-corrected chi connectivity index (χ0v) is 8.37. The predicted octanol–water partition coefficient (Wildman–Crippen LogP) is 2.09. The van der Waals surface area contributed by atoms with Gasteiger partial charge in [0.1, 0.15) is 0 Å². The van der Waals surface area contributed by atoms with Crippen molar-refractivity contribution in [3.63, 3.8) is 0 Å². The Hall–Kier alpha value is -0.510. The molecule has 70 valence electrons. The average molecular weight is 216 g/mol. The molecular formula is C8H9O3PS. The Labute approximate surface area is 80.9 Å². The highest BCUT2D eigenvalue weighted by Gasteiger charge is 1.87. The summed E-state index contributed by atoms with van der Waals surface area (Å²) >= 11 is 1.79. The zero-order valence-electron chi connectivity index (χ0n) is 6.66. The van der Waals surface area contributed by atoms with Gasteiger partial charge in [0, 0.05) is 4.70 Å². The fourth-order valence-electron chi connectivity index (χ4n) is 0.906. The summed E-state index contributed by atoms with van der Waals surface area (Å²) in [5, 5.41) is 3.47. The number of hydrogen-bond acceptors (Lipinski definition) is 4. The molecule has 1 aromatic heterocycles. The normalized spacial score (nSPS) is 9.85. The van der Waals surface area contributed by atoms with E-state index < -0.39 is 8.60 Å². The van der Waals surface area contributed by atoms with Crippen molar-refractivity contribution >= 4 is 30.0 Å². The van der Waals surface area contributed by atoms with Crippen LogP contribution in [0.15, 0.2) is 35.7 Å². The summed E-state index contributed by atoms with van der Waals surface area (Å²) in [7, 11) is -2.62. The standard InChI is InChI=1S/C8H6S.H3O3P/c1-2-4-8-7(3-1)5-6-9-8;1-4(2)3/h1-6H;1-3H. The molecule has 5 heteroatoms. The van der Waals surface area contributed by atoms with E-state index in [9.17, 15) is 0 Å². The first-order chi connectivity index (χ1) is 6.20. The summed E-state index contributed by atoms with van der Waals surface area (Å²) in [6, 6.07) is 10.5. The van der Waals surface area contributed by atoms with Crippen molar-refractivity contribution in [2.75, 3.05) is 0 Å². The zero-order chi connectivity index (χ0) is 9.68. The van der Waals surface area contributed by atoms with E-state index >= 15 is 0 Å². The van der Waals surface area contributed by atoms with Crippen LogP contribution in [0.4, 0.5) is 0 Å². The van der Waals surface area contributed by atoms with Gasteiger partial charge in [-0.05, 0) is 22.9 Å². The van der Waals surface area contributed by atoms with Crippen LogP contribution in [0.5, 0.6) is 0 Å². The SMILES string of the molecule is OP(O)O.c1ccc2sccc2c1. The van der Waals surface area contributed by atoms with Crippen LogP contribution in [-0.2, 0) is 0 Å². The number of fused-ring (bicyclic) bond motifs is 1. The van der Waals surface area contributed by atoms with Gasteiger partial charge in [-0.25, -0.2) is 0 Å². The van der Waals surface area contributed by atoms with Crippen LogP contribution >= 0.6 is 19.9 Å². The molecular weight excluding hydrogens is 207 g/mol. The molecule has 0 bridgehead atoms. The lowest BCUT2D eigenvalue weighted by atomic mass is 10.3. The summed E-state index contributed by atoms with van der Waals surface area (Å²) in [4.78, 5) is 21.7. The van der Waals surface area contributed by atoms with Gasteiger partial charge >= 0.3 is 8.60 Å². The Kier molecular flexibility index (Phi) is 4.28. The van der Waals surface area contributed by atoms with E-state index in [2.05, 4.69) is 35.7 Å². The van der Waals surface area contributed by atoms with Crippen molar-refractivity contribution in [3.05, 3.63) is 35.7 Å². The molecule has 3 nitrogen and oxygen atoms in total. The molecule has 0 spiro atoms. The Morgan fingerprint density at radius 2 is 1.62 bits per heavy atom. The minimum absolute atomic E-state index is 1.35. The van der Waals surface area contributed by atoms with Gasteiger partial charge < -0.3 is 14.7 Å². The Morgan fingerprint density at radius 3 is 2.23 bits per heavy atom. The van der Waals surface area contributed by atoms with E-state index in [1.165, 1.54) is 10.1 Å². The number of thiophene rings is 1. The maximum atomic E-state index is 7.23. The lowest BCUT2D eigenvalue weighted by molar-refractivity contribution is 0.368. The van der Waals surface area contributed by atoms with E-state index in [4.69, 9.17) is 14.7 Å². The average Bonchev–Trinajstić information content (AvgIpc) is 2.49. The fraction of sp³-hybridized carbons (Fsp3) is 0. The van der Waals surface area contributed by atoms with E-state index in [1.54, 1.807) is 11.3 Å². The molecule has 0 unspecified atom stereocenters. The molecule has 0 aliphatic heterocycles. The minimum Gasteiger partial charge on any atom is -0.328 e. The molecule has 0 aliphatic carbocycles. The lowest BCUT2D eigenvalue weighted by Crippen LogP contribution is -1.56. The largest absolute Gasteiger partial charge is 0.328 e. The second kappa shape index (κ2) is 5.27. The highest BCUT2D eigenvalue weighted by atomic mass is 32.1. The van der Waals surface area contributed by atoms with Gasteiger partial charge in [0.05, 0.1) is 0 Å². The van der Waals surface area contributed by atoms with Crippen molar-refractivity contribution in [3.8, 4) is 0 Å². The van der Waals surface area contributed by atoms with Gasteiger partial charge in [0.2, 0.25) is 0 Å². The second-order valence-corrected chi connectivity index (χ2v) is 3.71. The van der Waals surface area contributed by atoms with Crippen molar-refractivity contribution in [1.29, 1.82) is 0 Å². The van der Waals surface area contributed by atoms with Crippen molar-refractivity contribution in [2.24, 2.45) is 0 Å². The van der Waals surface area contributed by atoms with Gasteiger partial charge in [-0.2, -0.15) is 0 Å². The molecule has 1 heterocycles. The Morgan fingerprint density at radius 1 is 1.00 bits per heavy atom. The smallest absolute Gasteiger partial charge is 0.324 e. The molecule has 0 atom stereocenters. The lowest BCUT2D eigenvalue weighted by Gasteiger charge is -1.82. The topological polar surface area (TPSA) is 60.7 Å². The van der Waals surface area contributed by atoms with Gasteiger partial charge in [-0.1, -0.05) is 18.2 Å². The first-order valence-corrected chi connectivity index (χ1v) is 5.57. The van der Waals surface area contributed by atoms with Gasteiger partial charge in [0.25, 0.3) is 0 Å². The first kappa shape index (κ1) is 10.6. The number of rotatable bonds is 0.